The van der Waals surface area contributed by atoms with Crippen molar-refractivity contribution in [2.75, 3.05) is 0 Å². The lowest BCUT2D eigenvalue weighted by Crippen LogP contribution is -2.25. The van der Waals surface area contributed by atoms with Crippen LogP contribution in [-0.2, 0) is 4.84 Å². The number of aromatic hydroxyl groups is 1. The lowest BCUT2D eigenvalue weighted by atomic mass is 9.90. The van der Waals surface area contributed by atoms with E-state index < -0.39 is 0 Å². The van der Waals surface area contributed by atoms with E-state index in [9.17, 15) is 5.11 Å². The molecule has 0 amide bonds. The lowest BCUT2D eigenvalue weighted by Gasteiger charge is -2.20. The molecule has 1 fully saturated rings. The Bertz CT molecular complexity index is 549. The van der Waals surface area contributed by atoms with Crippen LogP contribution in [0.3, 0.4) is 0 Å². The highest BCUT2D eigenvalue weighted by atomic mass is 16.7. The molecule has 1 saturated carbocycles. The van der Waals surface area contributed by atoms with Gasteiger partial charge in [-0.1, -0.05) is 29.4 Å². The minimum atomic E-state index is -0.135. The number of hydrogen-bond donors (Lipinski definition) is 1. The number of benzene rings is 1. The predicted molar refractivity (Wildman–Crippen MR) is 75.2 cm³/mol. The van der Waals surface area contributed by atoms with Gasteiger partial charge >= 0.3 is 0 Å². The summed E-state index contributed by atoms with van der Waals surface area (Å²) in [4.78, 5) is 5.75. The van der Waals surface area contributed by atoms with Crippen LogP contribution >= 0.6 is 0 Å². The molecule has 0 aromatic heterocycles. The maximum absolute atomic E-state index is 9.54. The second-order valence-electron chi connectivity index (χ2n) is 5.83. The minimum Gasteiger partial charge on any atom is -0.508 e. The topological polar surface area (TPSA) is 41.8 Å². The molecule has 1 heterocycles. The molecule has 0 bridgehead atoms. The Morgan fingerprint density at radius 3 is 3.05 bits per heavy atom. The van der Waals surface area contributed by atoms with Gasteiger partial charge in [0, 0.05) is 12.0 Å². The van der Waals surface area contributed by atoms with E-state index in [1.165, 1.54) is 5.57 Å². The molecule has 19 heavy (non-hydrogen) atoms. The third-order valence-electron chi connectivity index (χ3n) is 4.28. The van der Waals surface area contributed by atoms with Gasteiger partial charge in [-0.05, 0) is 44.2 Å². The normalized spacial score (nSPS) is 29.3. The first-order valence-corrected chi connectivity index (χ1v) is 6.78. The molecule has 100 valence electrons. The summed E-state index contributed by atoms with van der Waals surface area (Å²) in [6.45, 7) is 6.15. The molecule has 2 aliphatic rings. The Hall–Kier alpha value is -1.77. The van der Waals surface area contributed by atoms with Crippen LogP contribution < -0.4 is 0 Å². The van der Waals surface area contributed by atoms with Gasteiger partial charge in [-0.3, -0.25) is 0 Å². The fourth-order valence-electron chi connectivity index (χ4n) is 3.12. The number of nitrogens with zero attached hydrogens (tertiary/aromatic N) is 1. The molecule has 1 aliphatic carbocycles. The van der Waals surface area contributed by atoms with Crippen LogP contribution in [0.2, 0.25) is 0 Å². The van der Waals surface area contributed by atoms with Gasteiger partial charge in [0.25, 0.3) is 0 Å². The van der Waals surface area contributed by atoms with Gasteiger partial charge in [0.05, 0.1) is 5.71 Å². The summed E-state index contributed by atoms with van der Waals surface area (Å²) in [5, 5.41) is 13.8. The maximum Gasteiger partial charge on any atom is 0.144 e. The number of phenols is 1. The zero-order chi connectivity index (χ0) is 13.5. The van der Waals surface area contributed by atoms with Gasteiger partial charge in [0.2, 0.25) is 0 Å². The van der Waals surface area contributed by atoms with Gasteiger partial charge in [-0.2, -0.15) is 0 Å². The summed E-state index contributed by atoms with van der Waals surface area (Å²) in [6, 6.07) is 7.21. The number of rotatable bonds is 2. The quantitative estimate of drug-likeness (QED) is 0.822. The molecular formula is C16H19NO2. The van der Waals surface area contributed by atoms with Crippen LogP contribution in [0.1, 0.15) is 38.2 Å². The maximum atomic E-state index is 9.54. The largest absolute Gasteiger partial charge is 0.508 e. The molecule has 2 atom stereocenters. The fourth-order valence-corrected chi connectivity index (χ4v) is 3.12. The van der Waals surface area contributed by atoms with Crippen molar-refractivity contribution in [2.45, 2.75) is 38.2 Å². The summed E-state index contributed by atoms with van der Waals surface area (Å²) in [5.74, 6) is 0.825. The summed E-state index contributed by atoms with van der Waals surface area (Å²) >= 11 is 0. The zero-order valence-electron chi connectivity index (χ0n) is 11.2. The molecule has 3 nitrogen and oxygen atoms in total. The first-order chi connectivity index (χ1) is 9.08. The van der Waals surface area contributed by atoms with Gasteiger partial charge in [-0.15, -0.1) is 0 Å². The minimum absolute atomic E-state index is 0.135. The van der Waals surface area contributed by atoms with Crippen molar-refractivity contribution in [3.8, 4) is 5.75 Å². The fraction of sp³-hybridized carbons (Fsp3) is 0.438. The molecule has 3 rings (SSSR count). The Kier molecular flexibility index (Phi) is 2.85. The Morgan fingerprint density at radius 1 is 1.53 bits per heavy atom. The third-order valence-corrected chi connectivity index (χ3v) is 4.28. The first kappa shape index (κ1) is 12.3. The second-order valence-corrected chi connectivity index (χ2v) is 5.83. The molecule has 1 N–H and O–H groups in total. The van der Waals surface area contributed by atoms with E-state index in [0.717, 1.165) is 37.0 Å². The number of phenolic OH excluding ortho intramolecular Hbond substituents is 1. The van der Waals surface area contributed by atoms with E-state index >= 15 is 0 Å². The average molecular weight is 257 g/mol. The lowest BCUT2D eigenvalue weighted by molar-refractivity contribution is -0.0147. The van der Waals surface area contributed by atoms with E-state index in [-0.39, 0.29) is 11.4 Å². The van der Waals surface area contributed by atoms with Gasteiger partial charge in [0.15, 0.2) is 0 Å². The van der Waals surface area contributed by atoms with Crippen molar-refractivity contribution in [2.24, 2.45) is 11.1 Å². The highest BCUT2D eigenvalue weighted by Crippen LogP contribution is 2.45. The molecule has 0 saturated heterocycles. The standard InChI is InChI=1S/C16H19NO2/c1-11(2)13-6-7-16(9-13)10-15(17-19-16)12-4-3-5-14(18)8-12/h3-5,8,13,18H,1,6-7,9-10H2,2H3. The van der Waals surface area contributed by atoms with E-state index in [1.54, 1.807) is 12.1 Å². The van der Waals surface area contributed by atoms with E-state index in [4.69, 9.17) is 4.84 Å². The third kappa shape index (κ3) is 2.25. The summed E-state index contributed by atoms with van der Waals surface area (Å²) in [5.41, 5.74) is 3.00. The van der Waals surface area contributed by atoms with Crippen LogP contribution in [0.15, 0.2) is 41.6 Å². The summed E-state index contributed by atoms with van der Waals surface area (Å²) in [7, 11) is 0. The highest BCUT2D eigenvalue weighted by Gasteiger charge is 2.46. The van der Waals surface area contributed by atoms with Crippen molar-refractivity contribution in [3.05, 3.63) is 42.0 Å². The second kappa shape index (κ2) is 4.41. The first-order valence-electron chi connectivity index (χ1n) is 6.78. The molecule has 0 radical (unpaired) electrons. The SMILES string of the molecule is C=C(C)C1CCC2(CC(c3cccc(O)c3)=NO2)C1. The van der Waals surface area contributed by atoms with Crippen LogP contribution in [0.4, 0.5) is 0 Å². The monoisotopic (exact) mass is 257 g/mol. The Labute approximate surface area is 113 Å². The molecule has 2 unspecified atom stereocenters. The van der Waals surface area contributed by atoms with Crippen LogP contribution in [0.25, 0.3) is 0 Å². The number of oxime groups is 1. The van der Waals surface area contributed by atoms with E-state index in [1.807, 2.05) is 12.1 Å². The molecule has 1 spiro atoms. The zero-order valence-corrected chi connectivity index (χ0v) is 11.2. The number of hydrogen-bond acceptors (Lipinski definition) is 3. The van der Waals surface area contributed by atoms with E-state index in [2.05, 4.69) is 18.7 Å². The molecule has 1 aromatic rings. The Morgan fingerprint density at radius 2 is 2.37 bits per heavy atom. The van der Waals surface area contributed by atoms with Gasteiger partial charge < -0.3 is 9.94 Å². The van der Waals surface area contributed by atoms with Crippen LogP contribution in [0, 0.1) is 5.92 Å². The van der Waals surface area contributed by atoms with Crippen molar-refractivity contribution in [1.29, 1.82) is 0 Å². The molecule has 3 heteroatoms. The van der Waals surface area contributed by atoms with Crippen molar-refractivity contribution in [1.82, 2.24) is 0 Å². The smallest absolute Gasteiger partial charge is 0.144 e. The summed E-state index contributed by atoms with van der Waals surface area (Å²) < 4.78 is 0. The van der Waals surface area contributed by atoms with Gasteiger partial charge in [-0.25, -0.2) is 0 Å². The van der Waals surface area contributed by atoms with E-state index in [0.29, 0.717) is 5.92 Å². The van der Waals surface area contributed by atoms with Crippen molar-refractivity contribution in [3.63, 3.8) is 0 Å². The average Bonchev–Trinajstić information content (AvgIpc) is 2.98. The highest BCUT2D eigenvalue weighted by molar-refractivity contribution is 6.01. The number of allylic oxidation sites excluding steroid dienone is 1. The van der Waals surface area contributed by atoms with Crippen LogP contribution in [0.5, 0.6) is 5.75 Å². The van der Waals surface area contributed by atoms with Crippen LogP contribution in [-0.4, -0.2) is 16.4 Å². The van der Waals surface area contributed by atoms with Gasteiger partial charge in [0.1, 0.15) is 11.4 Å². The molecular weight excluding hydrogens is 238 g/mol. The predicted octanol–water partition coefficient (Wildman–Crippen LogP) is 3.63. The van der Waals surface area contributed by atoms with Crippen molar-refractivity contribution >= 4 is 5.71 Å². The Balaban J connectivity index is 1.75. The van der Waals surface area contributed by atoms with Crippen molar-refractivity contribution < 1.29 is 9.94 Å². The molecule has 1 aromatic carbocycles. The summed E-state index contributed by atoms with van der Waals surface area (Å²) in [6.07, 6.45) is 4.02. The molecule has 1 aliphatic heterocycles.